The Morgan fingerprint density at radius 1 is 1.19 bits per heavy atom. The maximum absolute atomic E-state index is 12.3. The van der Waals surface area contributed by atoms with Gasteiger partial charge in [-0.25, -0.2) is 4.98 Å². The van der Waals surface area contributed by atoms with E-state index in [2.05, 4.69) is 19.8 Å². The molecule has 2 saturated heterocycles. The Labute approximate surface area is 126 Å². The molecule has 3 rings (SSSR count). The molecule has 2 aliphatic rings. The lowest BCUT2D eigenvalue weighted by atomic mass is 9.93. The average Bonchev–Trinajstić information content (AvgIpc) is 3.08. The monoisotopic (exact) mass is 290 g/mol. The topological polar surface area (TPSA) is 50.2 Å². The predicted molar refractivity (Wildman–Crippen MR) is 81.9 cm³/mol. The lowest BCUT2D eigenvalue weighted by molar-refractivity contribution is -0.132. The quantitative estimate of drug-likeness (QED) is 0.920. The number of imidazole rings is 1. The minimum Gasteiger partial charge on any atom is -0.343 e. The van der Waals surface area contributed by atoms with Crippen molar-refractivity contribution >= 4 is 5.91 Å². The highest BCUT2D eigenvalue weighted by Gasteiger charge is 2.24. The Hall–Kier alpha value is -1.36. The molecule has 0 atom stereocenters. The van der Waals surface area contributed by atoms with Gasteiger partial charge in [-0.05, 0) is 51.1 Å². The van der Waals surface area contributed by atoms with Crippen LogP contribution in [0.4, 0.5) is 0 Å². The second kappa shape index (κ2) is 7.07. The zero-order valence-electron chi connectivity index (χ0n) is 12.7. The second-order valence-electron chi connectivity index (χ2n) is 6.35. The van der Waals surface area contributed by atoms with Crippen LogP contribution in [0.15, 0.2) is 18.7 Å². The lowest BCUT2D eigenvalue weighted by Gasteiger charge is -2.33. The number of nitrogens with one attached hydrogen (secondary N) is 1. The largest absolute Gasteiger partial charge is 0.343 e. The van der Waals surface area contributed by atoms with Crippen molar-refractivity contribution in [2.75, 3.05) is 26.2 Å². The van der Waals surface area contributed by atoms with Crippen LogP contribution in [0.2, 0.25) is 0 Å². The van der Waals surface area contributed by atoms with E-state index in [-0.39, 0.29) is 0 Å². The summed E-state index contributed by atoms with van der Waals surface area (Å²) in [4.78, 5) is 18.5. The number of rotatable bonds is 4. The van der Waals surface area contributed by atoms with E-state index < -0.39 is 0 Å². The van der Waals surface area contributed by atoms with Gasteiger partial charge in [0.15, 0.2) is 0 Å². The van der Waals surface area contributed by atoms with Crippen LogP contribution in [0.5, 0.6) is 0 Å². The first-order valence-electron chi connectivity index (χ1n) is 8.29. The van der Waals surface area contributed by atoms with Gasteiger partial charge in [-0.15, -0.1) is 0 Å². The smallest absolute Gasteiger partial charge is 0.222 e. The number of hydrogen-bond donors (Lipinski definition) is 1. The van der Waals surface area contributed by atoms with Gasteiger partial charge in [0.2, 0.25) is 5.91 Å². The van der Waals surface area contributed by atoms with E-state index in [0.29, 0.717) is 11.9 Å². The van der Waals surface area contributed by atoms with Gasteiger partial charge in [-0.2, -0.15) is 0 Å². The van der Waals surface area contributed by atoms with Crippen molar-refractivity contribution in [3.05, 3.63) is 18.7 Å². The van der Waals surface area contributed by atoms with E-state index in [0.717, 1.165) is 57.8 Å². The molecule has 3 heterocycles. The summed E-state index contributed by atoms with van der Waals surface area (Å²) in [5.41, 5.74) is 0. The highest BCUT2D eigenvalue weighted by Crippen LogP contribution is 2.24. The fourth-order valence-corrected chi connectivity index (χ4v) is 3.55. The third-order valence-electron chi connectivity index (χ3n) is 4.99. The Morgan fingerprint density at radius 3 is 2.62 bits per heavy atom. The number of nitrogens with zero attached hydrogens (tertiary/aromatic N) is 3. The summed E-state index contributed by atoms with van der Waals surface area (Å²) >= 11 is 0. The Bertz CT molecular complexity index is 431. The molecule has 0 saturated carbocycles. The SMILES string of the molecule is O=C(CCC1CCNCC1)N1CCC(n2ccnc2)CC1. The van der Waals surface area contributed by atoms with E-state index in [1.807, 2.05) is 18.7 Å². The molecule has 1 aromatic heterocycles. The number of carbonyl (C=O) groups excluding carboxylic acids is 1. The number of amides is 1. The summed E-state index contributed by atoms with van der Waals surface area (Å²) < 4.78 is 2.18. The van der Waals surface area contributed by atoms with Crippen molar-refractivity contribution in [2.24, 2.45) is 5.92 Å². The Balaban J connectivity index is 1.40. The van der Waals surface area contributed by atoms with E-state index in [4.69, 9.17) is 0 Å². The number of hydrogen-bond acceptors (Lipinski definition) is 3. The molecule has 116 valence electrons. The van der Waals surface area contributed by atoms with Crippen LogP contribution in [-0.2, 0) is 4.79 Å². The second-order valence-corrected chi connectivity index (χ2v) is 6.35. The van der Waals surface area contributed by atoms with Crippen LogP contribution in [0.1, 0.15) is 44.6 Å². The van der Waals surface area contributed by atoms with Gasteiger partial charge in [0.05, 0.1) is 6.33 Å². The number of likely N-dealkylation sites (tertiary alicyclic amines) is 1. The molecule has 1 amide bonds. The van der Waals surface area contributed by atoms with Crippen LogP contribution in [-0.4, -0.2) is 46.5 Å². The number of piperidine rings is 2. The highest BCUT2D eigenvalue weighted by atomic mass is 16.2. The van der Waals surface area contributed by atoms with Crippen LogP contribution < -0.4 is 5.32 Å². The van der Waals surface area contributed by atoms with Crippen LogP contribution in [0.25, 0.3) is 0 Å². The third kappa shape index (κ3) is 3.84. The molecule has 0 spiro atoms. The molecule has 0 bridgehead atoms. The molecule has 0 unspecified atom stereocenters. The predicted octanol–water partition coefficient (Wildman–Crippen LogP) is 1.83. The van der Waals surface area contributed by atoms with Gasteiger partial charge in [0, 0.05) is 37.9 Å². The van der Waals surface area contributed by atoms with Gasteiger partial charge >= 0.3 is 0 Å². The molecular formula is C16H26N4O. The zero-order valence-corrected chi connectivity index (χ0v) is 12.7. The third-order valence-corrected chi connectivity index (χ3v) is 4.99. The van der Waals surface area contributed by atoms with E-state index in [1.165, 1.54) is 12.8 Å². The Morgan fingerprint density at radius 2 is 1.95 bits per heavy atom. The van der Waals surface area contributed by atoms with Crippen molar-refractivity contribution in [3.63, 3.8) is 0 Å². The fraction of sp³-hybridized carbons (Fsp3) is 0.750. The number of carbonyl (C=O) groups is 1. The molecular weight excluding hydrogens is 264 g/mol. The minimum absolute atomic E-state index is 0.359. The molecule has 21 heavy (non-hydrogen) atoms. The van der Waals surface area contributed by atoms with Gasteiger partial charge in [-0.1, -0.05) is 0 Å². The number of aromatic nitrogens is 2. The molecule has 0 aliphatic carbocycles. The summed E-state index contributed by atoms with van der Waals surface area (Å²) in [7, 11) is 0. The molecule has 5 heteroatoms. The maximum Gasteiger partial charge on any atom is 0.222 e. The highest BCUT2D eigenvalue weighted by molar-refractivity contribution is 5.76. The van der Waals surface area contributed by atoms with E-state index in [9.17, 15) is 4.79 Å². The van der Waals surface area contributed by atoms with Crippen molar-refractivity contribution in [2.45, 2.75) is 44.6 Å². The van der Waals surface area contributed by atoms with E-state index >= 15 is 0 Å². The minimum atomic E-state index is 0.359. The van der Waals surface area contributed by atoms with Crippen molar-refractivity contribution in [1.29, 1.82) is 0 Å². The first-order chi connectivity index (χ1) is 10.3. The van der Waals surface area contributed by atoms with Crippen LogP contribution in [0.3, 0.4) is 0 Å². The molecule has 5 nitrogen and oxygen atoms in total. The normalized spacial score (nSPS) is 21.6. The fourth-order valence-electron chi connectivity index (χ4n) is 3.55. The van der Waals surface area contributed by atoms with Crippen LogP contribution >= 0.6 is 0 Å². The van der Waals surface area contributed by atoms with Gasteiger partial charge in [-0.3, -0.25) is 4.79 Å². The molecule has 1 aromatic rings. The maximum atomic E-state index is 12.3. The lowest BCUT2D eigenvalue weighted by Crippen LogP contribution is -2.39. The first-order valence-corrected chi connectivity index (χ1v) is 8.29. The molecule has 0 aromatic carbocycles. The van der Waals surface area contributed by atoms with Gasteiger partial charge < -0.3 is 14.8 Å². The molecule has 0 radical (unpaired) electrons. The van der Waals surface area contributed by atoms with Crippen molar-refractivity contribution in [3.8, 4) is 0 Å². The van der Waals surface area contributed by atoms with Crippen LogP contribution in [0, 0.1) is 5.92 Å². The summed E-state index contributed by atoms with van der Waals surface area (Å²) in [6, 6.07) is 0.515. The average molecular weight is 290 g/mol. The zero-order chi connectivity index (χ0) is 14.5. The summed E-state index contributed by atoms with van der Waals surface area (Å²) in [5.74, 6) is 1.11. The first kappa shape index (κ1) is 14.6. The van der Waals surface area contributed by atoms with Crippen molar-refractivity contribution < 1.29 is 4.79 Å². The van der Waals surface area contributed by atoms with E-state index in [1.54, 1.807) is 0 Å². The van der Waals surface area contributed by atoms with Gasteiger partial charge in [0.25, 0.3) is 0 Å². The molecule has 1 N–H and O–H groups in total. The summed E-state index contributed by atoms with van der Waals surface area (Å²) in [6.07, 6.45) is 12.1. The summed E-state index contributed by atoms with van der Waals surface area (Å²) in [6.45, 7) is 4.03. The molecule has 2 fully saturated rings. The summed E-state index contributed by atoms with van der Waals surface area (Å²) in [5, 5.41) is 3.38. The standard InChI is InChI=1S/C16H26N4O/c21-16(2-1-14-3-7-17-8-4-14)19-10-5-15(6-11-19)20-12-9-18-13-20/h9,12-15,17H,1-8,10-11H2. The van der Waals surface area contributed by atoms with Gasteiger partial charge in [0.1, 0.15) is 0 Å². The molecule has 2 aliphatic heterocycles. The Kier molecular flexibility index (Phi) is 4.91. The van der Waals surface area contributed by atoms with Crippen molar-refractivity contribution in [1.82, 2.24) is 19.8 Å².